The van der Waals surface area contributed by atoms with Crippen molar-refractivity contribution in [2.75, 3.05) is 11.9 Å². The van der Waals surface area contributed by atoms with Gasteiger partial charge in [0, 0.05) is 21.6 Å². The predicted molar refractivity (Wildman–Crippen MR) is 99.9 cm³/mol. The van der Waals surface area contributed by atoms with Gasteiger partial charge in [0.1, 0.15) is 5.01 Å². The number of halogens is 2. The molecule has 1 aromatic heterocycles. The molecule has 0 saturated carbocycles. The van der Waals surface area contributed by atoms with Crippen molar-refractivity contribution in [1.82, 2.24) is 10.2 Å². The molecule has 1 amide bonds. The molecule has 0 saturated heterocycles. The molecule has 7 heteroatoms. The van der Waals surface area contributed by atoms with Crippen LogP contribution < -0.4 is 4.90 Å². The van der Waals surface area contributed by atoms with Crippen molar-refractivity contribution in [3.8, 4) is 10.6 Å². The van der Waals surface area contributed by atoms with Gasteiger partial charge in [0.15, 0.2) is 0 Å². The van der Waals surface area contributed by atoms with Crippen LogP contribution in [0.25, 0.3) is 10.6 Å². The predicted octanol–water partition coefficient (Wildman–Crippen LogP) is 5.01. The van der Waals surface area contributed by atoms with Gasteiger partial charge in [0.05, 0.1) is 5.56 Å². The molecule has 0 radical (unpaired) electrons. The second kappa shape index (κ2) is 6.90. The van der Waals surface area contributed by atoms with Crippen molar-refractivity contribution < 1.29 is 4.79 Å². The van der Waals surface area contributed by atoms with E-state index in [1.54, 1.807) is 13.1 Å². The zero-order chi connectivity index (χ0) is 16.4. The van der Waals surface area contributed by atoms with Crippen LogP contribution in [0, 0.1) is 0 Å². The zero-order valence-corrected chi connectivity index (χ0v) is 16.0. The van der Waals surface area contributed by atoms with Crippen LogP contribution in [0.2, 0.25) is 0 Å². The fraction of sp³-hybridized carbons (Fsp3) is 0.0625. The van der Waals surface area contributed by atoms with Gasteiger partial charge in [-0.1, -0.05) is 51.5 Å². The number of hydrogen-bond donors (Lipinski definition) is 0. The SMILES string of the molecule is CN(C(=O)c1ccccc1Br)c1nnc(-c2ccc(Br)cc2)s1. The molecule has 0 atom stereocenters. The first-order chi connectivity index (χ1) is 11.1. The van der Waals surface area contributed by atoms with Gasteiger partial charge in [0.2, 0.25) is 5.13 Å². The Balaban J connectivity index is 1.86. The number of anilines is 1. The Morgan fingerprint density at radius 2 is 1.74 bits per heavy atom. The summed E-state index contributed by atoms with van der Waals surface area (Å²) >= 11 is 8.19. The van der Waals surface area contributed by atoms with Crippen molar-refractivity contribution in [2.45, 2.75) is 0 Å². The Kier molecular flexibility index (Phi) is 4.89. The van der Waals surface area contributed by atoms with Gasteiger partial charge >= 0.3 is 0 Å². The molecule has 116 valence electrons. The van der Waals surface area contributed by atoms with Crippen molar-refractivity contribution >= 4 is 54.2 Å². The number of aromatic nitrogens is 2. The number of benzene rings is 2. The maximum absolute atomic E-state index is 12.6. The van der Waals surface area contributed by atoms with E-state index in [1.807, 2.05) is 42.5 Å². The van der Waals surface area contributed by atoms with Crippen LogP contribution in [-0.2, 0) is 0 Å². The largest absolute Gasteiger partial charge is 0.286 e. The van der Waals surface area contributed by atoms with Gasteiger partial charge in [0.25, 0.3) is 5.91 Å². The van der Waals surface area contributed by atoms with Gasteiger partial charge < -0.3 is 0 Å². The van der Waals surface area contributed by atoms with Crippen molar-refractivity contribution in [3.05, 3.63) is 63.0 Å². The third-order valence-corrected chi connectivity index (χ3v) is 5.47. The van der Waals surface area contributed by atoms with E-state index in [0.717, 1.165) is 19.5 Å². The molecule has 4 nitrogen and oxygen atoms in total. The van der Waals surface area contributed by atoms with E-state index in [1.165, 1.54) is 16.2 Å². The summed E-state index contributed by atoms with van der Waals surface area (Å²) in [6, 6.07) is 15.2. The molecule has 0 aliphatic rings. The summed E-state index contributed by atoms with van der Waals surface area (Å²) in [7, 11) is 1.70. The summed E-state index contributed by atoms with van der Waals surface area (Å²) in [6.45, 7) is 0. The minimum atomic E-state index is -0.129. The summed E-state index contributed by atoms with van der Waals surface area (Å²) in [5.74, 6) is -0.129. The molecular formula is C16H11Br2N3OS. The smallest absolute Gasteiger partial charge is 0.260 e. The van der Waals surface area contributed by atoms with Crippen LogP contribution in [0.5, 0.6) is 0 Å². The molecule has 3 rings (SSSR count). The topological polar surface area (TPSA) is 46.1 Å². The molecule has 0 spiro atoms. The Bertz CT molecular complexity index is 849. The van der Waals surface area contributed by atoms with E-state index in [-0.39, 0.29) is 5.91 Å². The molecule has 3 aromatic rings. The third-order valence-electron chi connectivity index (χ3n) is 3.20. The van der Waals surface area contributed by atoms with Gasteiger partial charge in [-0.2, -0.15) is 0 Å². The first-order valence-electron chi connectivity index (χ1n) is 6.68. The van der Waals surface area contributed by atoms with Gasteiger partial charge in [-0.15, -0.1) is 10.2 Å². The lowest BCUT2D eigenvalue weighted by Gasteiger charge is -2.13. The maximum atomic E-state index is 12.6. The minimum absolute atomic E-state index is 0.129. The number of carbonyl (C=O) groups is 1. The van der Waals surface area contributed by atoms with E-state index in [2.05, 4.69) is 42.1 Å². The first-order valence-corrected chi connectivity index (χ1v) is 9.08. The second-order valence-electron chi connectivity index (χ2n) is 4.74. The van der Waals surface area contributed by atoms with E-state index in [4.69, 9.17) is 0 Å². The normalized spacial score (nSPS) is 10.6. The summed E-state index contributed by atoms with van der Waals surface area (Å²) in [5, 5.41) is 9.66. The number of amides is 1. The fourth-order valence-corrected chi connectivity index (χ4v) is 3.49. The Hall–Kier alpha value is -1.57. The first kappa shape index (κ1) is 16.3. The molecule has 23 heavy (non-hydrogen) atoms. The van der Waals surface area contributed by atoms with Crippen LogP contribution in [0.4, 0.5) is 5.13 Å². The highest BCUT2D eigenvalue weighted by Crippen LogP contribution is 2.30. The molecule has 0 N–H and O–H groups in total. The average Bonchev–Trinajstić information content (AvgIpc) is 3.04. The lowest BCUT2D eigenvalue weighted by atomic mass is 10.2. The average molecular weight is 453 g/mol. The van der Waals surface area contributed by atoms with E-state index < -0.39 is 0 Å². The molecular weight excluding hydrogens is 442 g/mol. The lowest BCUT2D eigenvalue weighted by Crippen LogP contribution is -2.26. The molecule has 0 aliphatic heterocycles. The maximum Gasteiger partial charge on any atom is 0.260 e. The Labute approximate surface area is 154 Å². The van der Waals surface area contributed by atoms with Crippen LogP contribution in [0.15, 0.2) is 57.5 Å². The molecule has 0 fully saturated rings. The van der Waals surface area contributed by atoms with Gasteiger partial charge in [-0.25, -0.2) is 0 Å². The van der Waals surface area contributed by atoms with Crippen molar-refractivity contribution in [2.24, 2.45) is 0 Å². The quantitative estimate of drug-likeness (QED) is 0.561. The van der Waals surface area contributed by atoms with E-state index in [0.29, 0.717) is 10.7 Å². The lowest BCUT2D eigenvalue weighted by molar-refractivity contribution is 0.0992. The monoisotopic (exact) mass is 451 g/mol. The molecule has 2 aromatic carbocycles. The number of nitrogens with zero attached hydrogens (tertiary/aromatic N) is 3. The highest BCUT2D eigenvalue weighted by atomic mass is 79.9. The summed E-state index contributed by atoms with van der Waals surface area (Å²) < 4.78 is 1.77. The van der Waals surface area contributed by atoms with Crippen molar-refractivity contribution in [1.29, 1.82) is 0 Å². The van der Waals surface area contributed by atoms with Crippen LogP contribution >= 0.6 is 43.2 Å². The molecule has 0 aliphatic carbocycles. The van der Waals surface area contributed by atoms with Crippen LogP contribution in [-0.4, -0.2) is 23.2 Å². The highest BCUT2D eigenvalue weighted by Gasteiger charge is 2.19. The van der Waals surface area contributed by atoms with E-state index in [9.17, 15) is 4.79 Å². The molecule has 0 unspecified atom stereocenters. The summed E-state index contributed by atoms with van der Waals surface area (Å²) in [4.78, 5) is 14.1. The Morgan fingerprint density at radius 1 is 1.04 bits per heavy atom. The minimum Gasteiger partial charge on any atom is -0.286 e. The number of carbonyl (C=O) groups excluding carboxylic acids is 1. The highest BCUT2D eigenvalue weighted by molar-refractivity contribution is 9.10. The van der Waals surface area contributed by atoms with Crippen LogP contribution in [0.3, 0.4) is 0 Å². The molecule has 0 bridgehead atoms. The second-order valence-corrected chi connectivity index (χ2v) is 7.47. The van der Waals surface area contributed by atoms with Crippen LogP contribution in [0.1, 0.15) is 10.4 Å². The fourth-order valence-electron chi connectivity index (χ4n) is 1.96. The van der Waals surface area contributed by atoms with Gasteiger partial charge in [-0.3, -0.25) is 9.69 Å². The van der Waals surface area contributed by atoms with Gasteiger partial charge in [-0.05, 0) is 40.2 Å². The standard InChI is InChI=1S/C16H11Br2N3OS/c1-21(15(22)12-4-2-3-5-13(12)18)16-20-19-14(23-16)10-6-8-11(17)9-7-10/h2-9H,1H3. The van der Waals surface area contributed by atoms with E-state index >= 15 is 0 Å². The van der Waals surface area contributed by atoms with Crippen molar-refractivity contribution in [3.63, 3.8) is 0 Å². The number of hydrogen-bond acceptors (Lipinski definition) is 4. The number of rotatable bonds is 3. The summed E-state index contributed by atoms with van der Waals surface area (Å²) in [6.07, 6.45) is 0. The zero-order valence-electron chi connectivity index (χ0n) is 12.0. The molecule has 1 heterocycles. The summed E-state index contributed by atoms with van der Waals surface area (Å²) in [5.41, 5.74) is 1.56. The third kappa shape index (κ3) is 3.52. The Morgan fingerprint density at radius 3 is 2.43 bits per heavy atom.